The zero-order valence-corrected chi connectivity index (χ0v) is 10.5. The van der Waals surface area contributed by atoms with E-state index >= 15 is 0 Å². The van der Waals surface area contributed by atoms with Crippen LogP contribution in [-0.4, -0.2) is 28.5 Å². The van der Waals surface area contributed by atoms with Crippen LogP contribution in [0.5, 0.6) is 0 Å². The number of esters is 1. The van der Waals surface area contributed by atoms with Crippen LogP contribution >= 0.6 is 7.60 Å². The second-order valence-corrected chi connectivity index (χ2v) is 5.59. The largest absolute Gasteiger partial charge is 0.459 e. The Morgan fingerprint density at radius 1 is 1.37 bits per heavy atom. The molecule has 0 radical (unpaired) electrons. The molecule has 0 saturated heterocycles. The highest BCUT2D eigenvalue weighted by atomic mass is 31.2. The molecule has 0 aliphatic rings. The van der Waals surface area contributed by atoms with Gasteiger partial charge in [-0.05, 0) is 24.3 Å². The number of carbonyl (C=O) groups is 1. The molecule has 0 unspecified atom stereocenters. The Bertz CT molecular complexity index is 658. The van der Waals surface area contributed by atoms with E-state index in [0.29, 0.717) is 11.0 Å². The zero-order chi connectivity index (χ0) is 14.0. The topological polar surface area (TPSA) is 97.0 Å². The lowest BCUT2D eigenvalue weighted by Crippen LogP contribution is -2.08. The fourth-order valence-electron chi connectivity index (χ4n) is 1.44. The molecule has 0 aliphatic heterocycles. The molecule has 1 heterocycles. The monoisotopic (exact) mass is 288 g/mol. The molecule has 2 rings (SSSR count). The summed E-state index contributed by atoms with van der Waals surface area (Å²) < 4.78 is 33.3. The van der Waals surface area contributed by atoms with Crippen LogP contribution in [0.2, 0.25) is 0 Å². The molecule has 0 fully saturated rings. The minimum atomic E-state index is -4.21. The number of hydrogen-bond donors (Lipinski definition) is 2. The third kappa shape index (κ3) is 3.64. The molecule has 2 N–H and O–H groups in total. The highest BCUT2D eigenvalue weighted by Gasteiger charge is 2.17. The summed E-state index contributed by atoms with van der Waals surface area (Å²) in [6, 6.07) is 5.06. The summed E-state index contributed by atoms with van der Waals surface area (Å²) in [6.45, 7) is -0.422. The van der Waals surface area contributed by atoms with E-state index in [1.54, 1.807) is 0 Å². The van der Waals surface area contributed by atoms with Crippen molar-refractivity contribution in [3.05, 3.63) is 35.8 Å². The van der Waals surface area contributed by atoms with Gasteiger partial charge >= 0.3 is 13.6 Å². The van der Waals surface area contributed by atoms with Crippen molar-refractivity contribution in [1.82, 2.24) is 0 Å². The summed E-state index contributed by atoms with van der Waals surface area (Å²) in [5.41, 5.74) is 0.323. The van der Waals surface area contributed by atoms with E-state index in [0.717, 1.165) is 0 Å². The summed E-state index contributed by atoms with van der Waals surface area (Å²) in [5, 5.41) is 0.405. The first-order valence-electron chi connectivity index (χ1n) is 5.26. The van der Waals surface area contributed by atoms with Crippen molar-refractivity contribution in [1.29, 1.82) is 0 Å². The van der Waals surface area contributed by atoms with Gasteiger partial charge in [-0.25, -0.2) is 9.18 Å². The Balaban J connectivity index is 2.07. The van der Waals surface area contributed by atoms with Gasteiger partial charge < -0.3 is 18.9 Å². The molecule has 0 atom stereocenters. The highest BCUT2D eigenvalue weighted by molar-refractivity contribution is 7.51. The molecule has 6 nitrogen and oxygen atoms in total. The van der Waals surface area contributed by atoms with Crippen molar-refractivity contribution < 1.29 is 32.7 Å². The molecular formula is C11H10FO6P. The van der Waals surface area contributed by atoms with Crippen LogP contribution in [0, 0.1) is 5.82 Å². The number of carbonyl (C=O) groups excluding carboxylic acids is 1. The molecule has 19 heavy (non-hydrogen) atoms. The number of benzene rings is 1. The smallest absolute Gasteiger partial charge is 0.374 e. The summed E-state index contributed by atoms with van der Waals surface area (Å²) in [4.78, 5) is 28.7. The van der Waals surface area contributed by atoms with Crippen molar-refractivity contribution in [3.63, 3.8) is 0 Å². The molecule has 0 spiro atoms. The summed E-state index contributed by atoms with van der Waals surface area (Å²) in [7, 11) is -4.21. The van der Waals surface area contributed by atoms with Crippen LogP contribution < -0.4 is 0 Å². The minimum absolute atomic E-state index is 0.147. The number of fused-ring (bicyclic) bond motifs is 1. The van der Waals surface area contributed by atoms with Crippen molar-refractivity contribution in [3.8, 4) is 0 Å². The van der Waals surface area contributed by atoms with Crippen molar-refractivity contribution >= 4 is 24.5 Å². The quantitative estimate of drug-likeness (QED) is 0.659. The van der Waals surface area contributed by atoms with Crippen LogP contribution in [-0.2, 0) is 9.30 Å². The SMILES string of the molecule is O=C(OCCP(=O)(O)O)c1cc2cc(F)ccc2o1. The maximum absolute atomic E-state index is 12.9. The van der Waals surface area contributed by atoms with E-state index < -0.39 is 32.2 Å². The van der Waals surface area contributed by atoms with Crippen molar-refractivity contribution in [2.45, 2.75) is 0 Å². The van der Waals surface area contributed by atoms with E-state index in [1.807, 2.05) is 0 Å². The Hall–Kier alpha value is -1.69. The lowest BCUT2D eigenvalue weighted by molar-refractivity contribution is 0.0492. The maximum Gasteiger partial charge on any atom is 0.374 e. The maximum atomic E-state index is 12.9. The van der Waals surface area contributed by atoms with Gasteiger partial charge in [-0.2, -0.15) is 0 Å². The van der Waals surface area contributed by atoms with Crippen LogP contribution in [0.3, 0.4) is 0 Å². The van der Waals surface area contributed by atoms with Gasteiger partial charge in [0.2, 0.25) is 5.76 Å². The first-order chi connectivity index (χ1) is 8.85. The number of ether oxygens (including phenoxy) is 1. The first kappa shape index (κ1) is 13.7. The van der Waals surface area contributed by atoms with Crippen molar-refractivity contribution in [2.24, 2.45) is 0 Å². The Labute approximate surface area is 106 Å². The number of rotatable bonds is 4. The molecule has 102 valence electrons. The average Bonchev–Trinajstić information content (AvgIpc) is 2.70. The van der Waals surface area contributed by atoms with Gasteiger partial charge in [0.05, 0.1) is 6.16 Å². The molecular weight excluding hydrogens is 278 g/mol. The minimum Gasteiger partial charge on any atom is -0.459 e. The standard InChI is InChI=1S/C11H10FO6P/c12-8-1-2-9-7(5-8)6-10(18-9)11(13)17-3-4-19(14,15)16/h1-2,5-6H,3-4H2,(H2,14,15,16). The summed E-state index contributed by atoms with van der Waals surface area (Å²) in [6.07, 6.45) is -0.562. The summed E-state index contributed by atoms with van der Waals surface area (Å²) >= 11 is 0. The predicted octanol–water partition coefficient (Wildman–Crippen LogP) is 1.91. The van der Waals surface area contributed by atoms with Gasteiger partial charge in [-0.1, -0.05) is 0 Å². The van der Waals surface area contributed by atoms with Crippen molar-refractivity contribution in [2.75, 3.05) is 12.8 Å². The molecule has 0 saturated carbocycles. The lowest BCUT2D eigenvalue weighted by atomic mass is 10.2. The van der Waals surface area contributed by atoms with Crippen LogP contribution in [0.4, 0.5) is 4.39 Å². The number of halogens is 1. The van der Waals surface area contributed by atoms with E-state index in [4.69, 9.17) is 14.2 Å². The van der Waals surface area contributed by atoms with E-state index in [2.05, 4.69) is 4.74 Å². The highest BCUT2D eigenvalue weighted by Crippen LogP contribution is 2.33. The fraction of sp³-hybridized carbons (Fsp3) is 0.182. The van der Waals surface area contributed by atoms with E-state index in [-0.39, 0.29) is 5.76 Å². The van der Waals surface area contributed by atoms with Gasteiger partial charge in [-0.3, -0.25) is 4.57 Å². The van der Waals surface area contributed by atoms with Crippen LogP contribution in [0.15, 0.2) is 28.7 Å². The average molecular weight is 288 g/mol. The van der Waals surface area contributed by atoms with E-state index in [1.165, 1.54) is 24.3 Å². The molecule has 0 amide bonds. The Morgan fingerprint density at radius 3 is 2.79 bits per heavy atom. The second-order valence-electron chi connectivity index (χ2n) is 3.82. The molecule has 8 heteroatoms. The fourth-order valence-corrected chi connectivity index (χ4v) is 1.77. The predicted molar refractivity (Wildman–Crippen MR) is 63.4 cm³/mol. The molecule has 0 bridgehead atoms. The van der Waals surface area contributed by atoms with Gasteiger partial charge in [0, 0.05) is 5.39 Å². The normalized spacial score (nSPS) is 11.7. The zero-order valence-electron chi connectivity index (χ0n) is 9.58. The van der Waals surface area contributed by atoms with E-state index in [9.17, 15) is 13.8 Å². The number of furan rings is 1. The van der Waals surface area contributed by atoms with Crippen LogP contribution in [0.1, 0.15) is 10.6 Å². The van der Waals surface area contributed by atoms with Crippen LogP contribution in [0.25, 0.3) is 11.0 Å². The lowest BCUT2D eigenvalue weighted by Gasteiger charge is -2.03. The molecule has 0 aliphatic carbocycles. The summed E-state index contributed by atoms with van der Waals surface area (Å²) in [5.74, 6) is -1.47. The number of hydrogen-bond acceptors (Lipinski definition) is 4. The van der Waals surface area contributed by atoms with Gasteiger partial charge in [0.25, 0.3) is 0 Å². The second kappa shape index (κ2) is 5.13. The Morgan fingerprint density at radius 2 is 2.11 bits per heavy atom. The molecule has 1 aromatic heterocycles. The van der Waals surface area contributed by atoms with Gasteiger partial charge in [0.15, 0.2) is 0 Å². The third-order valence-electron chi connectivity index (χ3n) is 2.30. The van der Waals surface area contributed by atoms with Gasteiger partial charge in [0.1, 0.15) is 18.0 Å². The first-order valence-corrected chi connectivity index (χ1v) is 7.06. The third-order valence-corrected chi connectivity index (χ3v) is 3.06. The molecule has 2 aromatic rings. The molecule has 1 aromatic carbocycles. The Kier molecular flexibility index (Phi) is 3.71. The van der Waals surface area contributed by atoms with Gasteiger partial charge in [-0.15, -0.1) is 0 Å².